The topological polar surface area (TPSA) is 20.3 Å². The number of carbonyl (C=O) groups excluding carboxylic acids is 1. The zero-order valence-corrected chi connectivity index (χ0v) is 11.3. The van der Waals surface area contributed by atoms with Crippen LogP contribution in [0.3, 0.4) is 0 Å². The summed E-state index contributed by atoms with van der Waals surface area (Å²) in [5, 5.41) is 0. The first-order chi connectivity index (χ1) is 7.70. The third kappa shape index (κ3) is 1.33. The number of carbonyl (C=O) groups is 1. The molecule has 0 aromatic heterocycles. The van der Waals surface area contributed by atoms with Crippen LogP contribution in [0.5, 0.6) is 0 Å². The molecule has 1 aromatic rings. The molecule has 2 aliphatic rings. The number of amides is 1. The van der Waals surface area contributed by atoms with E-state index in [1.807, 2.05) is 11.0 Å². The van der Waals surface area contributed by atoms with Gasteiger partial charge in [0.1, 0.15) is 0 Å². The first-order valence-electron chi connectivity index (χ1n) is 5.73. The van der Waals surface area contributed by atoms with E-state index in [1.165, 1.54) is 18.4 Å². The third-order valence-corrected chi connectivity index (χ3v) is 5.13. The lowest BCUT2D eigenvalue weighted by molar-refractivity contribution is -0.116. The Morgan fingerprint density at radius 2 is 2.12 bits per heavy atom. The largest absolute Gasteiger partial charge is 0.308 e. The summed E-state index contributed by atoms with van der Waals surface area (Å²) in [4.78, 5) is 13.8. The van der Waals surface area contributed by atoms with E-state index in [-0.39, 0.29) is 5.91 Å². The number of anilines is 1. The molecule has 1 aromatic carbocycles. The monoisotopic (exact) mass is 327 g/mol. The molecule has 1 fully saturated rings. The van der Waals surface area contributed by atoms with Gasteiger partial charge in [-0.3, -0.25) is 4.79 Å². The van der Waals surface area contributed by atoms with Crippen LogP contribution in [0.4, 0.5) is 5.69 Å². The molecule has 0 bridgehead atoms. The van der Waals surface area contributed by atoms with Gasteiger partial charge < -0.3 is 4.90 Å². The molecule has 1 aliphatic heterocycles. The molecule has 16 heavy (non-hydrogen) atoms. The Hall–Kier alpha value is -0.580. The lowest BCUT2D eigenvalue weighted by Gasteiger charge is -2.26. The molecular weight excluding hydrogens is 313 g/mol. The lowest BCUT2D eigenvalue weighted by atomic mass is 9.98. The van der Waals surface area contributed by atoms with Gasteiger partial charge in [-0.05, 0) is 24.5 Å². The molecule has 3 unspecified atom stereocenters. The summed E-state index contributed by atoms with van der Waals surface area (Å²) >= 11 is 2.50. The maximum Gasteiger partial charge on any atom is 0.224 e. The summed E-state index contributed by atoms with van der Waals surface area (Å²) in [6, 6.07) is 8.77. The first kappa shape index (κ1) is 10.6. The zero-order chi connectivity index (χ0) is 11.3. The number of rotatable bonds is 0. The molecule has 0 saturated heterocycles. The van der Waals surface area contributed by atoms with Gasteiger partial charge in [-0.2, -0.15) is 0 Å². The minimum Gasteiger partial charge on any atom is -0.308 e. The first-order valence-corrected chi connectivity index (χ1v) is 6.97. The molecule has 1 amide bonds. The number of fused-ring (bicyclic) bond motifs is 3. The van der Waals surface area contributed by atoms with Crippen LogP contribution in [-0.4, -0.2) is 15.9 Å². The number of para-hydroxylation sites is 1. The van der Waals surface area contributed by atoms with Gasteiger partial charge in [0.2, 0.25) is 5.91 Å². The SMILES string of the molecule is CC(=O)N1c2ccccc2C2CCC(I)C21. The lowest BCUT2D eigenvalue weighted by Crippen LogP contribution is -2.40. The molecule has 1 aliphatic carbocycles. The highest BCUT2D eigenvalue weighted by molar-refractivity contribution is 14.1. The van der Waals surface area contributed by atoms with Crippen molar-refractivity contribution in [1.82, 2.24) is 0 Å². The van der Waals surface area contributed by atoms with Crippen LogP contribution in [0.15, 0.2) is 24.3 Å². The fraction of sp³-hybridized carbons (Fsp3) is 0.462. The standard InChI is InChI=1S/C13H14INO/c1-8(16)15-12-5-3-2-4-9(12)10-6-7-11(14)13(10)15/h2-5,10-11,13H,6-7H2,1H3. The number of benzene rings is 1. The Balaban J connectivity index is 2.13. The van der Waals surface area contributed by atoms with Crippen molar-refractivity contribution in [3.8, 4) is 0 Å². The van der Waals surface area contributed by atoms with Crippen LogP contribution in [-0.2, 0) is 4.79 Å². The van der Waals surface area contributed by atoms with E-state index in [0.717, 1.165) is 5.69 Å². The van der Waals surface area contributed by atoms with Crippen molar-refractivity contribution in [3.63, 3.8) is 0 Å². The van der Waals surface area contributed by atoms with Gasteiger partial charge in [-0.15, -0.1) is 0 Å². The smallest absolute Gasteiger partial charge is 0.224 e. The summed E-state index contributed by atoms with van der Waals surface area (Å²) < 4.78 is 0.596. The van der Waals surface area contributed by atoms with E-state index in [0.29, 0.717) is 15.9 Å². The van der Waals surface area contributed by atoms with Crippen LogP contribution in [0.2, 0.25) is 0 Å². The Bertz CT molecular complexity index is 445. The van der Waals surface area contributed by atoms with E-state index in [9.17, 15) is 4.79 Å². The summed E-state index contributed by atoms with van der Waals surface area (Å²) in [5.41, 5.74) is 2.52. The summed E-state index contributed by atoms with van der Waals surface area (Å²) in [6.45, 7) is 1.68. The minimum atomic E-state index is 0.184. The van der Waals surface area contributed by atoms with Crippen LogP contribution >= 0.6 is 22.6 Å². The predicted octanol–water partition coefficient (Wildman–Crippen LogP) is 3.10. The van der Waals surface area contributed by atoms with Gasteiger partial charge in [-0.25, -0.2) is 0 Å². The number of alkyl halides is 1. The molecule has 0 N–H and O–H groups in total. The van der Waals surface area contributed by atoms with Crippen molar-refractivity contribution in [2.24, 2.45) is 0 Å². The fourth-order valence-electron chi connectivity index (χ4n) is 3.17. The highest BCUT2D eigenvalue weighted by atomic mass is 127. The Kier molecular flexibility index (Phi) is 2.46. The highest BCUT2D eigenvalue weighted by Gasteiger charge is 2.47. The second-order valence-corrected chi connectivity index (χ2v) is 6.24. The minimum absolute atomic E-state index is 0.184. The Morgan fingerprint density at radius 3 is 2.88 bits per heavy atom. The van der Waals surface area contributed by atoms with Gasteiger partial charge >= 0.3 is 0 Å². The van der Waals surface area contributed by atoms with Crippen molar-refractivity contribution in [2.75, 3.05) is 4.90 Å². The van der Waals surface area contributed by atoms with Gasteiger partial charge in [0.25, 0.3) is 0 Å². The summed E-state index contributed by atoms with van der Waals surface area (Å²) in [6.07, 6.45) is 2.45. The van der Waals surface area contributed by atoms with E-state index < -0.39 is 0 Å². The fourth-order valence-corrected chi connectivity index (χ4v) is 4.36. The molecule has 3 atom stereocenters. The molecule has 3 heteroatoms. The molecule has 1 heterocycles. The molecule has 3 rings (SSSR count). The average molecular weight is 327 g/mol. The third-order valence-electron chi connectivity index (χ3n) is 3.77. The van der Waals surface area contributed by atoms with E-state index >= 15 is 0 Å². The second-order valence-electron chi connectivity index (χ2n) is 4.64. The second kappa shape index (κ2) is 3.72. The molecular formula is C13H14INO. The number of hydrogen-bond acceptors (Lipinski definition) is 1. The van der Waals surface area contributed by atoms with Gasteiger partial charge in [0, 0.05) is 22.5 Å². The predicted molar refractivity (Wildman–Crippen MR) is 73.2 cm³/mol. The molecule has 1 saturated carbocycles. The summed E-state index contributed by atoms with van der Waals surface area (Å²) in [5.74, 6) is 0.755. The van der Waals surface area contributed by atoms with E-state index in [2.05, 4.69) is 40.8 Å². The quantitative estimate of drug-likeness (QED) is 0.530. The van der Waals surface area contributed by atoms with Gasteiger partial charge in [-0.1, -0.05) is 40.8 Å². The molecule has 84 valence electrons. The van der Waals surface area contributed by atoms with E-state index in [1.54, 1.807) is 6.92 Å². The number of hydrogen-bond donors (Lipinski definition) is 0. The maximum atomic E-state index is 11.8. The van der Waals surface area contributed by atoms with Crippen molar-refractivity contribution < 1.29 is 4.79 Å². The number of halogens is 1. The summed E-state index contributed by atoms with van der Waals surface area (Å²) in [7, 11) is 0. The molecule has 2 nitrogen and oxygen atoms in total. The van der Waals surface area contributed by atoms with Crippen molar-refractivity contribution in [3.05, 3.63) is 29.8 Å². The maximum absolute atomic E-state index is 11.8. The van der Waals surface area contributed by atoms with Crippen LogP contribution in [0.1, 0.15) is 31.2 Å². The average Bonchev–Trinajstić information content (AvgIpc) is 2.77. The van der Waals surface area contributed by atoms with Crippen LogP contribution in [0, 0.1) is 0 Å². The Morgan fingerprint density at radius 1 is 1.38 bits per heavy atom. The highest BCUT2D eigenvalue weighted by Crippen LogP contribution is 2.51. The van der Waals surface area contributed by atoms with Gasteiger partial charge in [0.15, 0.2) is 0 Å². The number of nitrogens with zero attached hydrogens (tertiary/aromatic N) is 1. The van der Waals surface area contributed by atoms with E-state index in [4.69, 9.17) is 0 Å². The van der Waals surface area contributed by atoms with Crippen molar-refractivity contribution >= 4 is 34.2 Å². The Labute approximate surface area is 109 Å². The van der Waals surface area contributed by atoms with Crippen molar-refractivity contribution in [2.45, 2.75) is 35.6 Å². The molecule has 0 radical (unpaired) electrons. The van der Waals surface area contributed by atoms with Crippen LogP contribution in [0.25, 0.3) is 0 Å². The zero-order valence-electron chi connectivity index (χ0n) is 9.19. The van der Waals surface area contributed by atoms with Crippen LogP contribution < -0.4 is 4.90 Å². The van der Waals surface area contributed by atoms with Gasteiger partial charge in [0.05, 0.1) is 6.04 Å². The normalized spacial score (nSPS) is 31.4. The van der Waals surface area contributed by atoms with Crippen molar-refractivity contribution in [1.29, 1.82) is 0 Å². The molecule has 0 spiro atoms.